The second-order valence-electron chi connectivity index (χ2n) is 9.37. The van der Waals surface area contributed by atoms with E-state index in [0.717, 1.165) is 27.6 Å². The monoisotopic (exact) mass is 497 g/mol. The molecule has 0 radical (unpaired) electrons. The first-order valence-electron chi connectivity index (χ1n) is 12.5. The Hall–Kier alpha value is -3.94. The third-order valence-corrected chi connectivity index (χ3v) is 6.90. The maximum atomic E-state index is 13.5. The molecule has 0 amide bonds. The van der Waals surface area contributed by atoms with E-state index < -0.39 is 6.23 Å². The number of aromatic nitrogens is 1. The number of carbonyl (C=O) groups excluding carboxylic acids is 2. The van der Waals surface area contributed by atoms with Crippen molar-refractivity contribution in [3.8, 4) is 5.75 Å². The summed E-state index contributed by atoms with van der Waals surface area (Å²) in [6.07, 6.45) is 1.53. The molecule has 1 unspecified atom stereocenters. The molecule has 3 aromatic carbocycles. The zero-order valence-electron chi connectivity index (χ0n) is 20.9. The van der Waals surface area contributed by atoms with Gasteiger partial charge in [-0.3, -0.25) is 19.4 Å². The van der Waals surface area contributed by atoms with Gasteiger partial charge in [0, 0.05) is 54.9 Å². The van der Waals surface area contributed by atoms with Crippen molar-refractivity contribution in [2.24, 2.45) is 0 Å². The largest absolute Gasteiger partial charge is 0.488 e. The van der Waals surface area contributed by atoms with E-state index in [1.165, 1.54) is 0 Å². The molecule has 2 heterocycles. The molecule has 1 N–H and O–H groups in total. The van der Waals surface area contributed by atoms with Crippen LogP contribution in [0.2, 0.25) is 0 Å². The minimum absolute atomic E-state index is 0.0303. The van der Waals surface area contributed by atoms with Gasteiger partial charge in [0.05, 0.1) is 12.1 Å². The fraction of sp³-hybridized carbons (Fsp3) is 0.267. The van der Waals surface area contributed by atoms with Crippen molar-refractivity contribution in [1.82, 2.24) is 14.8 Å². The van der Waals surface area contributed by atoms with E-state index in [9.17, 15) is 9.59 Å². The van der Waals surface area contributed by atoms with Gasteiger partial charge in [0.2, 0.25) is 0 Å². The predicted molar refractivity (Wildman–Crippen MR) is 142 cm³/mol. The number of ether oxygens (including phenoxy) is 2. The Morgan fingerprint density at radius 1 is 1.00 bits per heavy atom. The van der Waals surface area contributed by atoms with E-state index in [1.807, 2.05) is 85.9 Å². The van der Waals surface area contributed by atoms with Crippen LogP contribution < -0.4 is 4.74 Å². The van der Waals surface area contributed by atoms with E-state index >= 15 is 0 Å². The Bertz CT molecular complexity index is 1350. The average Bonchev–Trinajstić information content (AvgIpc) is 3.31. The van der Waals surface area contributed by atoms with Crippen molar-refractivity contribution < 1.29 is 19.1 Å². The molecule has 0 bridgehead atoms. The summed E-state index contributed by atoms with van der Waals surface area (Å²) in [5.41, 5.74) is 4.63. The lowest BCUT2D eigenvalue weighted by Gasteiger charge is -2.38. The summed E-state index contributed by atoms with van der Waals surface area (Å²) in [7, 11) is 0. The predicted octanol–water partition coefficient (Wildman–Crippen LogP) is 4.73. The van der Waals surface area contributed by atoms with E-state index in [0.29, 0.717) is 57.1 Å². The Balaban J connectivity index is 1.28. The number of nitrogens with one attached hydrogen (secondary N) is 1. The molecule has 0 spiro atoms. The number of aryl methyl sites for hydroxylation is 1. The van der Waals surface area contributed by atoms with Gasteiger partial charge in [-0.2, -0.15) is 0 Å². The highest BCUT2D eigenvalue weighted by Crippen LogP contribution is 2.29. The van der Waals surface area contributed by atoms with Crippen LogP contribution in [0.5, 0.6) is 5.75 Å². The molecule has 1 aliphatic heterocycles. The molecule has 0 aliphatic carbocycles. The van der Waals surface area contributed by atoms with Gasteiger partial charge in [0.15, 0.2) is 12.0 Å². The van der Waals surface area contributed by atoms with E-state index in [1.54, 1.807) is 0 Å². The Labute approximate surface area is 216 Å². The summed E-state index contributed by atoms with van der Waals surface area (Å²) >= 11 is 0. The Morgan fingerprint density at radius 2 is 1.70 bits per heavy atom. The van der Waals surface area contributed by atoms with E-state index in [4.69, 9.17) is 9.47 Å². The number of rotatable bonds is 10. The number of benzene rings is 3. The fourth-order valence-corrected chi connectivity index (χ4v) is 4.85. The van der Waals surface area contributed by atoms with Crippen molar-refractivity contribution in [2.45, 2.75) is 19.8 Å². The highest BCUT2D eigenvalue weighted by molar-refractivity contribution is 6.04. The van der Waals surface area contributed by atoms with Gasteiger partial charge >= 0.3 is 0 Å². The fourth-order valence-electron chi connectivity index (χ4n) is 4.85. The van der Waals surface area contributed by atoms with E-state index in [2.05, 4.69) is 14.8 Å². The molecule has 1 atom stereocenters. The summed E-state index contributed by atoms with van der Waals surface area (Å²) in [6, 6.07) is 23.5. The molecule has 7 heteroatoms. The van der Waals surface area contributed by atoms with Crippen LogP contribution >= 0.6 is 0 Å². The summed E-state index contributed by atoms with van der Waals surface area (Å²) in [6.45, 7) is 6.00. The molecule has 190 valence electrons. The third kappa shape index (κ3) is 5.74. The second-order valence-corrected chi connectivity index (χ2v) is 9.37. The molecule has 37 heavy (non-hydrogen) atoms. The maximum absolute atomic E-state index is 13.5. The van der Waals surface area contributed by atoms with Crippen LogP contribution in [0.3, 0.4) is 0 Å². The van der Waals surface area contributed by atoms with Gasteiger partial charge < -0.3 is 14.5 Å². The molecule has 7 nitrogen and oxygen atoms in total. The van der Waals surface area contributed by atoms with Gasteiger partial charge in [-0.25, -0.2) is 0 Å². The van der Waals surface area contributed by atoms with Gasteiger partial charge in [-0.15, -0.1) is 0 Å². The molecule has 1 saturated heterocycles. The number of nitrogens with zero attached hydrogens (tertiary/aromatic N) is 2. The van der Waals surface area contributed by atoms with Crippen LogP contribution in [0.25, 0.3) is 10.9 Å². The number of aromatic amines is 1. The summed E-state index contributed by atoms with van der Waals surface area (Å²) < 4.78 is 11.6. The number of hydrogen-bond acceptors (Lipinski definition) is 6. The van der Waals surface area contributed by atoms with Crippen LogP contribution in [0.4, 0.5) is 0 Å². The minimum Gasteiger partial charge on any atom is -0.488 e. The van der Waals surface area contributed by atoms with Gasteiger partial charge in [0.1, 0.15) is 12.4 Å². The summed E-state index contributed by atoms with van der Waals surface area (Å²) in [5.74, 6) is 0.619. The van der Waals surface area contributed by atoms with Crippen molar-refractivity contribution in [3.05, 3.63) is 101 Å². The Kier molecular flexibility index (Phi) is 7.63. The zero-order valence-corrected chi connectivity index (χ0v) is 20.9. The lowest BCUT2D eigenvalue weighted by atomic mass is 10.0. The summed E-state index contributed by atoms with van der Waals surface area (Å²) in [5, 5.41) is 1.02. The molecule has 0 saturated carbocycles. The van der Waals surface area contributed by atoms with Crippen LogP contribution in [-0.2, 0) is 16.1 Å². The molecule has 1 fully saturated rings. The number of piperazine rings is 1. The van der Waals surface area contributed by atoms with Crippen LogP contribution in [-0.4, -0.2) is 59.8 Å². The SMILES string of the molecule is Cc1c[nH]c2cc(OCc3ccccc3)c(C(=O)CN3CCN(C(OC=O)c4ccccc4)CC3)cc12. The molecule has 5 rings (SSSR count). The lowest BCUT2D eigenvalue weighted by Crippen LogP contribution is -2.49. The second kappa shape index (κ2) is 11.4. The molecular weight excluding hydrogens is 466 g/mol. The van der Waals surface area contributed by atoms with Crippen LogP contribution in [0, 0.1) is 6.92 Å². The van der Waals surface area contributed by atoms with Crippen molar-refractivity contribution >= 4 is 23.2 Å². The van der Waals surface area contributed by atoms with Crippen molar-refractivity contribution in [1.29, 1.82) is 0 Å². The van der Waals surface area contributed by atoms with Gasteiger partial charge in [0.25, 0.3) is 6.47 Å². The number of hydrogen-bond donors (Lipinski definition) is 1. The average molecular weight is 498 g/mol. The Morgan fingerprint density at radius 3 is 2.41 bits per heavy atom. The summed E-state index contributed by atoms with van der Waals surface area (Å²) in [4.78, 5) is 32.3. The van der Waals surface area contributed by atoms with E-state index in [-0.39, 0.29) is 5.78 Å². The first kappa shape index (κ1) is 24.7. The topological polar surface area (TPSA) is 74.9 Å². The first-order valence-corrected chi connectivity index (χ1v) is 12.5. The first-order chi connectivity index (χ1) is 18.1. The standard InChI is InChI=1S/C30H31N3O4/c1-22-18-31-27-17-29(36-20-23-8-4-2-5-9-23)26(16-25(22)27)28(35)19-32-12-14-33(15-13-32)30(37-21-34)24-10-6-3-7-11-24/h2-11,16-18,21,30-31H,12-15,19-20H2,1H3. The maximum Gasteiger partial charge on any atom is 0.294 e. The van der Waals surface area contributed by atoms with Crippen LogP contribution in [0.15, 0.2) is 79.0 Å². The molecular formula is C30H31N3O4. The minimum atomic E-state index is -0.423. The highest BCUT2D eigenvalue weighted by atomic mass is 16.5. The number of H-pyrrole nitrogens is 1. The lowest BCUT2D eigenvalue weighted by molar-refractivity contribution is -0.146. The zero-order chi connectivity index (χ0) is 25.6. The normalized spacial score (nSPS) is 15.4. The smallest absolute Gasteiger partial charge is 0.294 e. The van der Waals surface area contributed by atoms with Gasteiger partial charge in [-0.05, 0) is 24.1 Å². The van der Waals surface area contributed by atoms with Crippen molar-refractivity contribution in [3.63, 3.8) is 0 Å². The number of fused-ring (bicyclic) bond motifs is 1. The number of carbonyl (C=O) groups is 2. The van der Waals surface area contributed by atoms with Gasteiger partial charge in [-0.1, -0.05) is 60.7 Å². The number of Topliss-reactive ketones (excluding diaryl/α,β-unsaturated/α-hetero) is 1. The van der Waals surface area contributed by atoms with Crippen molar-refractivity contribution in [2.75, 3.05) is 32.7 Å². The quantitative estimate of drug-likeness (QED) is 0.252. The molecule has 4 aromatic rings. The molecule has 1 aliphatic rings. The van der Waals surface area contributed by atoms with Crippen LogP contribution in [0.1, 0.15) is 33.3 Å². The highest BCUT2D eigenvalue weighted by Gasteiger charge is 2.28. The number of ketones is 1. The third-order valence-electron chi connectivity index (χ3n) is 6.90. The molecule has 1 aromatic heterocycles.